The second-order valence-electron chi connectivity index (χ2n) is 4.04. The van der Waals surface area contributed by atoms with E-state index in [2.05, 4.69) is 10.3 Å². The Hall–Kier alpha value is -2.56. The van der Waals surface area contributed by atoms with Gasteiger partial charge in [-0.15, -0.1) is 0 Å². The molecule has 0 aliphatic carbocycles. The van der Waals surface area contributed by atoms with E-state index in [-0.39, 0.29) is 0 Å². The minimum atomic E-state index is 0.511. The Bertz CT molecular complexity index is 613. The van der Waals surface area contributed by atoms with Crippen LogP contribution >= 0.6 is 0 Å². The Morgan fingerprint density at radius 3 is 2.84 bits per heavy atom. The van der Waals surface area contributed by atoms with Crippen LogP contribution in [0.1, 0.15) is 10.4 Å². The van der Waals surface area contributed by atoms with E-state index in [1.54, 1.807) is 18.3 Å². The number of ether oxygens (including phenoxy) is 2. The van der Waals surface area contributed by atoms with E-state index in [1.807, 2.05) is 18.2 Å². The number of anilines is 2. The largest absolute Gasteiger partial charge is 0.486 e. The molecular weight excluding hydrogens is 244 g/mol. The second kappa shape index (κ2) is 4.97. The topological polar surface area (TPSA) is 60.5 Å². The third-order valence-electron chi connectivity index (χ3n) is 2.77. The molecule has 0 unspecified atom stereocenters. The van der Waals surface area contributed by atoms with Crippen molar-refractivity contribution in [1.82, 2.24) is 4.98 Å². The van der Waals surface area contributed by atoms with Gasteiger partial charge in [0.25, 0.3) is 0 Å². The van der Waals surface area contributed by atoms with Gasteiger partial charge in [0.05, 0.1) is 5.56 Å². The average molecular weight is 256 g/mol. The molecule has 2 aromatic rings. The summed E-state index contributed by atoms with van der Waals surface area (Å²) in [5.41, 5.74) is 1.31. The van der Waals surface area contributed by atoms with Gasteiger partial charge in [-0.05, 0) is 24.3 Å². The van der Waals surface area contributed by atoms with Crippen molar-refractivity contribution in [1.29, 1.82) is 0 Å². The Morgan fingerprint density at radius 2 is 2.00 bits per heavy atom. The van der Waals surface area contributed by atoms with E-state index in [4.69, 9.17) is 9.47 Å². The normalized spacial score (nSPS) is 12.8. The van der Waals surface area contributed by atoms with Crippen molar-refractivity contribution < 1.29 is 14.3 Å². The third-order valence-corrected chi connectivity index (χ3v) is 2.77. The fourth-order valence-corrected chi connectivity index (χ4v) is 1.88. The van der Waals surface area contributed by atoms with E-state index in [0.29, 0.717) is 30.3 Å². The number of benzene rings is 1. The lowest BCUT2D eigenvalue weighted by Gasteiger charge is -2.19. The summed E-state index contributed by atoms with van der Waals surface area (Å²) < 4.78 is 11.0. The molecule has 0 fully saturated rings. The molecule has 0 saturated carbocycles. The van der Waals surface area contributed by atoms with E-state index in [1.165, 1.54) is 0 Å². The molecular formula is C14H12N2O3. The molecule has 3 rings (SSSR count). The van der Waals surface area contributed by atoms with Crippen molar-refractivity contribution in [3.05, 3.63) is 42.1 Å². The number of carbonyl (C=O) groups excluding carboxylic acids is 1. The molecule has 1 aromatic heterocycles. The van der Waals surface area contributed by atoms with Gasteiger partial charge >= 0.3 is 0 Å². The smallest absolute Gasteiger partial charge is 0.163 e. The number of hydrogen-bond donors (Lipinski definition) is 1. The molecule has 0 amide bonds. The maximum atomic E-state index is 10.9. The number of nitrogens with one attached hydrogen (secondary N) is 1. The Balaban J connectivity index is 1.89. The summed E-state index contributed by atoms with van der Waals surface area (Å²) in [5.74, 6) is 1.95. The summed E-state index contributed by atoms with van der Waals surface area (Å²) in [7, 11) is 0. The molecule has 0 saturated heterocycles. The summed E-state index contributed by atoms with van der Waals surface area (Å²) in [5, 5.41) is 3.10. The first kappa shape index (κ1) is 11.5. The van der Waals surface area contributed by atoms with Crippen LogP contribution in [0, 0.1) is 0 Å². The molecule has 1 N–H and O–H groups in total. The number of aromatic nitrogens is 1. The zero-order valence-corrected chi connectivity index (χ0v) is 10.1. The van der Waals surface area contributed by atoms with Crippen LogP contribution in [0.25, 0.3) is 0 Å². The van der Waals surface area contributed by atoms with Crippen molar-refractivity contribution >= 4 is 17.8 Å². The Kier molecular flexibility index (Phi) is 3.02. The molecule has 5 heteroatoms. The number of nitrogens with zero attached hydrogens (tertiary/aromatic N) is 1. The molecule has 0 bridgehead atoms. The molecule has 1 aliphatic heterocycles. The zero-order chi connectivity index (χ0) is 13.1. The summed E-state index contributed by atoms with van der Waals surface area (Å²) >= 11 is 0. The highest BCUT2D eigenvalue weighted by Crippen LogP contribution is 2.33. The molecule has 0 radical (unpaired) electrons. The molecule has 96 valence electrons. The quantitative estimate of drug-likeness (QED) is 0.854. The van der Waals surface area contributed by atoms with Gasteiger partial charge in [-0.25, -0.2) is 4.98 Å². The van der Waals surface area contributed by atoms with Gasteiger partial charge in [0.1, 0.15) is 19.0 Å². The van der Waals surface area contributed by atoms with E-state index < -0.39 is 0 Å². The van der Waals surface area contributed by atoms with Crippen LogP contribution in [0.3, 0.4) is 0 Å². The fourth-order valence-electron chi connectivity index (χ4n) is 1.88. The van der Waals surface area contributed by atoms with Crippen molar-refractivity contribution in [2.75, 3.05) is 18.5 Å². The first-order chi connectivity index (χ1) is 9.36. The highest BCUT2D eigenvalue weighted by molar-refractivity contribution is 5.84. The zero-order valence-electron chi connectivity index (χ0n) is 10.1. The number of carbonyl (C=O) groups is 1. The highest BCUT2D eigenvalue weighted by atomic mass is 16.6. The van der Waals surface area contributed by atoms with E-state index >= 15 is 0 Å². The predicted molar refractivity (Wildman–Crippen MR) is 70.3 cm³/mol. The number of pyridine rings is 1. The van der Waals surface area contributed by atoms with Crippen LogP contribution in [-0.4, -0.2) is 24.5 Å². The van der Waals surface area contributed by atoms with Gasteiger partial charge in [0.2, 0.25) is 0 Å². The van der Waals surface area contributed by atoms with Gasteiger partial charge in [-0.2, -0.15) is 0 Å². The van der Waals surface area contributed by atoms with E-state index in [9.17, 15) is 4.79 Å². The highest BCUT2D eigenvalue weighted by Gasteiger charge is 2.12. The third kappa shape index (κ3) is 2.35. The predicted octanol–water partition coefficient (Wildman–Crippen LogP) is 2.41. The fraction of sp³-hybridized carbons (Fsp3) is 0.143. The lowest BCUT2D eigenvalue weighted by Crippen LogP contribution is -2.15. The summed E-state index contributed by atoms with van der Waals surface area (Å²) in [6.45, 7) is 1.11. The molecule has 5 nitrogen and oxygen atoms in total. The van der Waals surface area contributed by atoms with Crippen molar-refractivity contribution in [3.8, 4) is 11.5 Å². The van der Waals surface area contributed by atoms with Crippen LogP contribution < -0.4 is 14.8 Å². The first-order valence-corrected chi connectivity index (χ1v) is 5.94. The van der Waals surface area contributed by atoms with E-state index in [0.717, 1.165) is 17.7 Å². The summed E-state index contributed by atoms with van der Waals surface area (Å²) in [6.07, 6.45) is 2.40. The number of aldehydes is 1. The molecule has 0 atom stereocenters. The minimum Gasteiger partial charge on any atom is -0.486 e. The van der Waals surface area contributed by atoms with Gasteiger partial charge in [0.15, 0.2) is 17.8 Å². The molecule has 1 aromatic carbocycles. The lowest BCUT2D eigenvalue weighted by atomic mass is 10.2. The molecule has 0 spiro atoms. The van der Waals surface area contributed by atoms with Gasteiger partial charge in [-0.1, -0.05) is 0 Å². The van der Waals surface area contributed by atoms with Crippen molar-refractivity contribution in [2.24, 2.45) is 0 Å². The van der Waals surface area contributed by atoms with Crippen LogP contribution in [0.15, 0.2) is 36.5 Å². The number of rotatable bonds is 3. The minimum absolute atomic E-state index is 0.511. The maximum absolute atomic E-state index is 10.9. The van der Waals surface area contributed by atoms with Gasteiger partial charge < -0.3 is 14.8 Å². The van der Waals surface area contributed by atoms with Gasteiger partial charge in [-0.3, -0.25) is 4.79 Å². The first-order valence-electron chi connectivity index (χ1n) is 5.94. The molecule has 2 heterocycles. The monoisotopic (exact) mass is 256 g/mol. The number of fused-ring (bicyclic) bond motifs is 1. The average Bonchev–Trinajstić information content (AvgIpc) is 2.48. The Labute approximate surface area is 110 Å². The second-order valence-corrected chi connectivity index (χ2v) is 4.04. The number of hydrogen-bond acceptors (Lipinski definition) is 5. The molecule has 1 aliphatic rings. The van der Waals surface area contributed by atoms with Crippen molar-refractivity contribution in [2.45, 2.75) is 0 Å². The van der Waals surface area contributed by atoms with Gasteiger partial charge in [0, 0.05) is 18.0 Å². The maximum Gasteiger partial charge on any atom is 0.163 e. The standard InChI is InChI=1S/C14H12N2O3/c17-9-10-2-1-5-15-14(10)16-11-3-4-12-13(8-11)19-7-6-18-12/h1-5,8-9H,6-7H2,(H,15,16). The summed E-state index contributed by atoms with van der Waals surface area (Å²) in [6, 6.07) is 8.95. The van der Waals surface area contributed by atoms with Crippen molar-refractivity contribution in [3.63, 3.8) is 0 Å². The SMILES string of the molecule is O=Cc1cccnc1Nc1ccc2c(c1)OCCO2. The van der Waals surface area contributed by atoms with Crippen LogP contribution in [-0.2, 0) is 0 Å². The van der Waals surface area contributed by atoms with Crippen LogP contribution in [0.5, 0.6) is 11.5 Å². The molecule has 19 heavy (non-hydrogen) atoms. The van der Waals surface area contributed by atoms with Crippen LogP contribution in [0.4, 0.5) is 11.5 Å². The Morgan fingerprint density at radius 1 is 1.16 bits per heavy atom. The lowest BCUT2D eigenvalue weighted by molar-refractivity contribution is 0.112. The summed E-state index contributed by atoms with van der Waals surface area (Å²) in [4.78, 5) is 15.1. The van der Waals surface area contributed by atoms with Crippen LogP contribution in [0.2, 0.25) is 0 Å².